The summed E-state index contributed by atoms with van der Waals surface area (Å²) in [5.74, 6) is 2.91. The molecule has 0 aliphatic heterocycles. The molecular weight excluding hydrogens is 264 g/mol. The molecule has 106 valence electrons. The number of rotatable bonds is 9. The maximum Gasteiger partial charge on any atom is 0.270 e. The Morgan fingerprint density at radius 3 is 2.89 bits per heavy atom. The summed E-state index contributed by atoms with van der Waals surface area (Å²) in [6.45, 7) is 3.33. The van der Waals surface area contributed by atoms with E-state index in [2.05, 4.69) is 12.2 Å². The van der Waals surface area contributed by atoms with Gasteiger partial charge in [0.1, 0.15) is 5.75 Å². The molecule has 1 aromatic carbocycles. The summed E-state index contributed by atoms with van der Waals surface area (Å²) < 4.78 is 5.70. The van der Waals surface area contributed by atoms with Crippen LogP contribution in [0.25, 0.3) is 0 Å². The van der Waals surface area contributed by atoms with Gasteiger partial charge < -0.3 is 10.1 Å². The second-order valence-corrected chi connectivity index (χ2v) is 5.37. The summed E-state index contributed by atoms with van der Waals surface area (Å²) in [5, 5.41) is 13.7. The number of thioether (sulfide) groups is 1. The van der Waals surface area contributed by atoms with E-state index < -0.39 is 0 Å². The molecule has 0 saturated carbocycles. The van der Waals surface area contributed by atoms with Gasteiger partial charge in [-0.05, 0) is 31.0 Å². The number of non-ortho nitro benzene ring substituents is 1. The van der Waals surface area contributed by atoms with Gasteiger partial charge in [0.2, 0.25) is 0 Å². The normalized spacial score (nSPS) is 10.4. The maximum atomic E-state index is 10.7. The zero-order chi connectivity index (χ0) is 14.1. The van der Waals surface area contributed by atoms with E-state index in [9.17, 15) is 10.1 Å². The van der Waals surface area contributed by atoms with Gasteiger partial charge in [0.05, 0.1) is 11.5 Å². The van der Waals surface area contributed by atoms with Crippen molar-refractivity contribution in [3.8, 4) is 5.75 Å². The lowest BCUT2D eigenvalue weighted by molar-refractivity contribution is -0.384. The summed E-state index contributed by atoms with van der Waals surface area (Å²) >= 11 is 1.88. The van der Waals surface area contributed by atoms with Gasteiger partial charge in [0, 0.05) is 24.2 Å². The van der Waals surface area contributed by atoms with Crippen LogP contribution in [0.2, 0.25) is 0 Å². The van der Waals surface area contributed by atoms with Crippen LogP contribution in [0.1, 0.15) is 18.9 Å². The van der Waals surface area contributed by atoms with E-state index in [-0.39, 0.29) is 10.6 Å². The summed E-state index contributed by atoms with van der Waals surface area (Å²) in [6.07, 6.45) is 0.981. The van der Waals surface area contributed by atoms with Crippen LogP contribution in [0.5, 0.6) is 5.75 Å². The van der Waals surface area contributed by atoms with Crippen molar-refractivity contribution in [2.45, 2.75) is 19.9 Å². The zero-order valence-corrected chi connectivity index (χ0v) is 12.2. The minimum absolute atomic E-state index is 0.0964. The maximum absolute atomic E-state index is 10.7. The van der Waals surface area contributed by atoms with Gasteiger partial charge in [-0.15, -0.1) is 0 Å². The standard InChI is InChI=1S/C13H20N2O3S/c1-3-19-8-4-7-18-13-6-5-12(15(16)17)9-11(13)10-14-2/h5-6,9,14H,3-4,7-8,10H2,1-2H3. The third-order valence-electron chi connectivity index (χ3n) is 2.52. The largest absolute Gasteiger partial charge is 0.493 e. The van der Waals surface area contributed by atoms with Crippen molar-refractivity contribution in [2.75, 3.05) is 25.2 Å². The fourth-order valence-corrected chi connectivity index (χ4v) is 2.25. The number of hydrogen-bond acceptors (Lipinski definition) is 5. The monoisotopic (exact) mass is 284 g/mol. The Kier molecular flexibility index (Phi) is 7.28. The first-order valence-corrected chi connectivity index (χ1v) is 7.47. The molecule has 0 bridgehead atoms. The predicted molar refractivity (Wildman–Crippen MR) is 79.0 cm³/mol. The van der Waals surface area contributed by atoms with Crippen molar-refractivity contribution >= 4 is 17.4 Å². The van der Waals surface area contributed by atoms with E-state index in [4.69, 9.17) is 4.74 Å². The number of benzene rings is 1. The van der Waals surface area contributed by atoms with E-state index in [1.165, 1.54) is 6.07 Å². The van der Waals surface area contributed by atoms with Crippen molar-refractivity contribution in [3.05, 3.63) is 33.9 Å². The molecule has 1 aromatic rings. The van der Waals surface area contributed by atoms with Crippen LogP contribution in [0, 0.1) is 10.1 Å². The topological polar surface area (TPSA) is 64.4 Å². The average molecular weight is 284 g/mol. The van der Waals surface area contributed by atoms with Crippen LogP contribution in [0.4, 0.5) is 5.69 Å². The minimum Gasteiger partial charge on any atom is -0.493 e. The molecule has 0 aliphatic carbocycles. The molecule has 0 amide bonds. The van der Waals surface area contributed by atoms with E-state index in [1.807, 2.05) is 11.8 Å². The highest BCUT2D eigenvalue weighted by Gasteiger charge is 2.11. The molecule has 0 fully saturated rings. The smallest absolute Gasteiger partial charge is 0.270 e. The van der Waals surface area contributed by atoms with Gasteiger partial charge in [-0.3, -0.25) is 10.1 Å². The molecule has 0 heterocycles. The number of hydrogen-bond donors (Lipinski definition) is 1. The molecule has 0 aromatic heterocycles. The highest BCUT2D eigenvalue weighted by Crippen LogP contribution is 2.24. The molecule has 5 nitrogen and oxygen atoms in total. The van der Waals surface area contributed by atoms with Crippen LogP contribution in [0.15, 0.2) is 18.2 Å². The predicted octanol–water partition coefficient (Wildman–Crippen LogP) is 2.84. The lowest BCUT2D eigenvalue weighted by Crippen LogP contribution is -2.09. The van der Waals surface area contributed by atoms with E-state index in [1.54, 1.807) is 19.2 Å². The molecule has 0 radical (unpaired) electrons. The van der Waals surface area contributed by atoms with Gasteiger partial charge >= 0.3 is 0 Å². The van der Waals surface area contributed by atoms with E-state index in [0.717, 1.165) is 29.2 Å². The van der Waals surface area contributed by atoms with Gasteiger partial charge in [-0.2, -0.15) is 11.8 Å². The van der Waals surface area contributed by atoms with Crippen LogP contribution < -0.4 is 10.1 Å². The highest BCUT2D eigenvalue weighted by molar-refractivity contribution is 7.99. The Bertz CT molecular complexity index is 413. The third kappa shape index (κ3) is 5.48. The molecule has 0 saturated heterocycles. The van der Waals surface area contributed by atoms with Crippen LogP contribution in [0.3, 0.4) is 0 Å². The summed E-state index contributed by atoms with van der Waals surface area (Å²) in [4.78, 5) is 10.4. The molecule has 0 atom stereocenters. The number of ether oxygens (including phenoxy) is 1. The quantitative estimate of drug-likeness (QED) is 0.429. The summed E-state index contributed by atoms with van der Waals surface area (Å²) in [7, 11) is 1.81. The minimum atomic E-state index is -0.388. The Morgan fingerprint density at radius 2 is 2.26 bits per heavy atom. The lowest BCUT2D eigenvalue weighted by Gasteiger charge is -2.11. The first kappa shape index (κ1) is 15.8. The van der Waals surface area contributed by atoms with Gasteiger partial charge in [-0.1, -0.05) is 6.92 Å². The number of nitro benzene ring substituents is 1. The second kappa shape index (κ2) is 8.77. The molecule has 0 unspecified atom stereocenters. The molecule has 19 heavy (non-hydrogen) atoms. The number of nitrogens with one attached hydrogen (secondary N) is 1. The van der Waals surface area contributed by atoms with Crippen LogP contribution >= 0.6 is 11.8 Å². The lowest BCUT2D eigenvalue weighted by atomic mass is 10.1. The van der Waals surface area contributed by atoms with Crippen LogP contribution in [-0.4, -0.2) is 30.1 Å². The highest BCUT2D eigenvalue weighted by atomic mass is 32.2. The zero-order valence-electron chi connectivity index (χ0n) is 11.3. The summed E-state index contributed by atoms with van der Waals surface area (Å²) in [6, 6.07) is 4.72. The van der Waals surface area contributed by atoms with Crippen molar-refractivity contribution < 1.29 is 9.66 Å². The first-order chi connectivity index (χ1) is 9.19. The molecule has 6 heteroatoms. The fourth-order valence-electron chi connectivity index (χ4n) is 1.64. The Morgan fingerprint density at radius 1 is 1.47 bits per heavy atom. The third-order valence-corrected chi connectivity index (χ3v) is 3.50. The number of nitrogens with zero attached hydrogens (tertiary/aromatic N) is 1. The molecule has 1 rings (SSSR count). The van der Waals surface area contributed by atoms with Crippen LogP contribution in [-0.2, 0) is 6.54 Å². The molecular formula is C13H20N2O3S. The Balaban J connectivity index is 2.62. The first-order valence-electron chi connectivity index (χ1n) is 6.31. The van der Waals surface area contributed by atoms with Gasteiger partial charge in [0.25, 0.3) is 5.69 Å². The SMILES string of the molecule is CCSCCCOc1ccc([N+](=O)[O-])cc1CNC. The second-order valence-electron chi connectivity index (χ2n) is 3.98. The average Bonchev–Trinajstić information content (AvgIpc) is 2.40. The van der Waals surface area contributed by atoms with Crippen molar-refractivity contribution in [1.82, 2.24) is 5.32 Å². The Hall–Kier alpha value is -1.27. The molecule has 1 N–H and O–H groups in total. The van der Waals surface area contributed by atoms with Crippen molar-refractivity contribution in [3.63, 3.8) is 0 Å². The van der Waals surface area contributed by atoms with Gasteiger partial charge in [-0.25, -0.2) is 0 Å². The number of nitro groups is 1. The van der Waals surface area contributed by atoms with Gasteiger partial charge in [0.15, 0.2) is 0 Å². The van der Waals surface area contributed by atoms with E-state index >= 15 is 0 Å². The fraction of sp³-hybridized carbons (Fsp3) is 0.538. The van der Waals surface area contributed by atoms with Crippen molar-refractivity contribution in [2.24, 2.45) is 0 Å². The molecule has 0 spiro atoms. The van der Waals surface area contributed by atoms with Crippen molar-refractivity contribution in [1.29, 1.82) is 0 Å². The van der Waals surface area contributed by atoms with E-state index in [0.29, 0.717) is 13.2 Å². The summed E-state index contributed by atoms with van der Waals surface area (Å²) in [5.41, 5.74) is 0.916. The molecule has 0 aliphatic rings. The Labute approximate surface area is 117 Å².